The molecule has 1 fully saturated rings. The van der Waals surface area contributed by atoms with Gasteiger partial charge < -0.3 is 14.6 Å². The predicted molar refractivity (Wildman–Crippen MR) is 134 cm³/mol. The third kappa shape index (κ3) is 5.92. The van der Waals surface area contributed by atoms with Crippen LogP contribution in [0.1, 0.15) is 39.2 Å². The van der Waals surface area contributed by atoms with Crippen molar-refractivity contribution < 1.29 is 9.53 Å². The zero-order valence-corrected chi connectivity index (χ0v) is 20.1. The lowest BCUT2D eigenvalue weighted by molar-refractivity contribution is 0.0374. The van der Waals surface area contributed by atoms with Gasteiger partial charge in [0.25, 0.3) is 5.91 Å². The molecule has 2 heterocycles. The molecule has 0 radical (unpaired) electrons. The van der Waals surface area contributed by atoms with Crippen molar-refractivity contribution in [3.63, 3.8) is 0 Å². The summed E-state index contributed by atoms with van der Waals surface area (Å²) in [5.74, 6) is -0.00670. The fourth-order valence-corrected chi connectivity index (χ4v) is 4.45. The molecule has 1 aliphatic heterocycles. The van der Waals surface area contributed by atoms with Crippen LogP contribution in [-0.2, 0) is 11.3 Å². The van der Waals surface area contributed by atoms with Crippen molar-refractivity contribution in [2.24, 2.45) is 0 Å². The van der Waals surface area contributed by atoms with E-state index < -0.39 is 0 Å². The molecule has 1 amide bonds. The summed E-state index contributed by atoms with van der Waals surface area (Å²) in [7, 11) is 0. The summed E-state index contributed by atoms with van der Waals surface area (Å²) in [5.41, 5.74) is 7.60. The van der Waals surface area contributed by atoms with Gasteiger partial charge in [-0.25, -0.2) is 0 Å². The van der Waals surface area contributed by atoms with E-state index in [9.17, 15) is 4.79 Å². The summed E-state index contributed by atoms with van der Waals surface area (Å²) in [6, 6.07) is 17.0. The van der Waals surface area contributed by atoms with E-state index in [-0.39, 0.29) is 5.91 Å². The Balaban J connectivity index is 1.55. The van der Waals surface area contributed by atoms with Crippen LogP contribution in [0.3, 0.4) is 0 Å². The van der Waals surface area contributed by atoms with Crippen LogP contribution in [0.2, 0.25) is 0 Å². The predicted octanol–water partition coefficient (Wildman–Crippen LogP) is 4.58. The monoisotopic (exact) mass is 445 g/mol. The lowest BCUT2D eigenvalue weighted by Gasteiger charge is -2.26. The van der Waals surface area contributed by atoms with Crippen LogP contribution in [0.5, 0.6) is 0 Å². The van der Waals surface area contributed by atoms with E-state index >= 15 is 0 Å². The Kier molecular flexibility index (Phi) is 7.63. The standard InChI is InChI=1S/C28H35N3O2/c1-21-5-9-24(10-6-21)20-31-19-23(3)26(25-11-7-22(2)8-12-25)27(31)28(32)29-13-4-14-30-15-17-33-18-16-30/h5-12,19H,4,13-18,20H2,1-3H3,(H,29,32). The number of ether oxygens (including phenoxy) is 1. The van der Waals surface area contributed by atoms with Crippen molar-refractivity contribution in [3.05, 3.63) is 82.7 Å². The third-order valence-corrected chi connectivity index (χ3v) is 6.34. The van der Waals surface area contributed by atoms with Gasteiger partial charge in [-0.05, 0) is 50.4 Å². The van der Waals surface area contributed by atoms with Gasteiger partial charge in [0, 0.05) is 37.9 Å². The molecule has 4 rings (SSSR count). The minimum Gasteiger partial charge on any atom is -0.379 e. The van der Waals surface area contributed by atoms with Crippen LogP contribution in [0.15, 0.2) is 54.7 Å². The molecule has 0 saturated carbocycles. The highest BCUT2D eigenvalue weighted by Crippen LogP contribution is 2.30. The number of nitrogens with one attached hydrogen (secondary N) is 1. The van der Waals surface area contributed by atoms with Crippen LogP contribution in [-0.4, -0.2) is 54.8 Å². The van der Waals surface area contributed by atoms with Gasteiger partial charge >= 0.3 is 0 Å². The zero-order chi connectivity index (χ0) is 23.2. The first-order chi connectivity index (χ1) is 16.0. The molecule has 1 N–H and O–H groups in total. The number of morpholine rings is 1. The van der Waals surface area contributed by atoms with Crippen LogP contribution in [0.4, 0.5) is 0 Å². The molecular weight excluding hydrogens is 410 g/mol. The largest absolute Gasteiger partial charge is 0.379 e. The fourth-order valence-electron chi connectivity index (χ4n) is 4.45. The van der Waals surface area contributed by atoms with Crippen molar-refractivity contribution in [1.82, 2.24) is 14.8 Å². The number of aryl methyl sites for hydroxylation is 3. The summed E-state index contributed by atoms with van der Waals surface area (Å²) in [4.78, 5) is 15.9. The molecule has 3 aromatic rings. The maximum atomic E-state index is 13.5. The molecule has 33 heavy (non-hydrogen) atoms. The highest BCUT2D eigenvalue weighted by Gasteiger charge is 2.21. The SMILES string of the molecule is Cc1ccc(Cn2cc(C)c(-c3ccc(C)cc3)c2C(=O)NCCCN2CCOCC2)cc1. The van der Waals surface area contributed by atoms with Gasteiger partial charge in [-0.3, -0.25) is 9.69 Å². The van der Waals surface area contributed by atoms with Gasteiger partial charge in [0.05, 0.1) is 13.2 Å². The fraction of sp³-hybridized carbons (Fsp3) is 0.393. The molecule has 0 spiro atoms. The molecule has 5 nitrogen and oxygen atoms in total. The Morgan fingerprint density at radius 1 is 0.939 bits per heavy atom. The zero-order valence-electron chi connectivity index (χ0n) is 20.1. The minimum atomic E-state index is -0.00670. The van der Waals surface area contributed by atoms with E-state index in [4.69, 9.17) is 4.74 Å². The lowest BCUT2D eigenvalue weighted by Crippen LogP contribution is -2.38. The molecule has 2 aromatic carbocycles. The summed E-state index contributed by atoms with van der Waals surface area (Å²) >= 11 is 0. The normalized spacial score (nSPS) is 14.4. The Hall–Kier alpha value is -2.89. The molecule has 0 bridgehead atoms. The Morgan fingerprint density at radius 3 is 2.24 bits per heavy atom. The first-order valence-electron chi connectivity index (χ1n) is 11.9. The minimum absolute atomic E-state index is 0.00670. The molecule has 1 aliphatic rings. The molecule has 5 heteroatoms. The first kappa shape index (κ1) is 23.3. The number of hydrogen-bond donors (Lipinski definition) is 1. The average molecular weight is 446 g/mol. The molecule has 1 saturated heterocycles. The van der Waals surface area contributed by atoms with E-state index in [1.165, 1.54) is 16.7 Å². The van der Waals surface area contributed by atoms with Gasteiger partial charge in [-0.1, -0.05) is 59.7 Å². The molecule has 174 valence electrons. The summed E-state index contributed by atoms with van der Waals surface area (Å²) in [6.45, 7) is 12.1. The Bertz CT molecular complexity index is 1060. The second kappa shape index (κ2) is 10.8. The maximum absolute atomic E-state index is 13.5. The lowest BCUT2D eigenvalue weighted by atomic mass is 10.0. The highest BCUT2D eigenvalue weighted by molar-refractivity contribution is 6.00. The Labute approximate surface area is 197 Å². The number of carbonyl (C=O) groups excluding carboxylic acids is 1. The second-order valence-corrected chi connectivity index (χ2v) is 9.08. The van der Waals surface area contributed by atoms with E-state index in [0.717, 1.165) is 61.7 Å². The van der Waals surface area contributed by atoms with E-state index in [1.54, 1.807) is 0 Å². The highest BCUT2D eigenvalue weighted by atomic mass is 16.5. The molecule has 0 unspecified atom stereocenters. The van der Waals surface area contributed by atoms with Gasteiger partial charge in [0.1, 0.15) is 5.69 Å². The third-order valence-electron chi connectivity index (χ3n) is 6.34. The summed E-state index contributed by atoms with van der Waals surface area (Å²) in [6.07, 6.45) is 3.04. The molecular formula is C28H35N3O2. The van der Waals surface area contributed by atoms with Gasteiger partial charge in [-0.2, -0.15) is 0 Å². The van der Waals surface area contributed by atoms with E-state index in [0.29, 0.717) is 13.1 Å². The summed E-state index contributed by atoms with van der Waals surface area (Å²) < 4.78 is 7.52. The maximum Gasteiger partial charge on any atom is 0.268 e. The number of aromatic nitrogens is 1. The van der Waals surface area contributed by atoms with Crippen molar-refractivity contribution in [3.8, 4) is 11.1 Å². The number of rotatable bonds is 8. The van der Waals surface area contributed by atoms with Gasteiger partial charge in [-0.15, -0.1) is 0 Å². The van der Waals surface area contributed by atoms with Gasteiger partial charge in [0.15, 0.2) is 0 Å². The van der Waals surface area contributed by atoms with Crippen molar-refractivity contribution in [2.75, 3.05) is 39.4 Å². The quantitative estimate of drug-likeness (QED) is 0.516. The smallest absolute Gasteiger partial charge is 0.268 e. The van der Waals surface area contributed by atoms with Crippen molar-refractivity contribution >= 4 is 5.91 Å². The van der Waals surface area contributed by atoms with Crippen LogP contribution < -0.4 is 5.32 Å². The van der Waals surface area contributed by atoms with Crippen LogP contribution in [0.25, 0.3) is 11.1 Å². The number of hydrogen-bond acceptors (Lipinski definition) is 3. The summed E-state index contributed by atoms with van der Waals surface area (Å²) in [5, 5.41) is 3.19. The van der Waals surface area contributed by atoms with Crippen molar-refractivity contribution in [1.29, 1.82) is 0 Å². The molecule has 0 atom stereocenters. The van der Waals surface area contributed by atoms with E-state index in [2.05, 4.69) is 90.3 Å². The van der Waals surface area contributed by atoms with Gasteiger partial charge in [0.2, 0.25) is 0 Å². The van der Waals surface area contributed by atoms with E-state index in [1.807, 2.05) is 0 Å². The molecule has 0 aliphatic carbocycles. The van der Waals surface area contributed by atoms with Crippen molar-refractivity contribution in [2.45, 2.75) is 33.7 Å². The number of nitrogens with zero attached hydrogens (tertiary/aromatic N) is 2. The number of amides is 1. The average Bonchev–Trinajstić information content (AvgIpc) is 3.15. The Morgan fingerprint density at radius 2 is 1.58 bits per heavy atom. The second-order valence-electron chi connectivity index (χ2n) is 9.08. The topological polar surface area (TPSA) is 46.5 Å². The first-order valence-corrected chi connectivity index (χ1v) is 11.9. The van der Waals surface area contributed by atoms with Crippen LogP contribution in [0, 0.1) is 20.8 Å². The number of carbonyl (C=O) groups is 1. The number of benzene rings is 2. The van der Waals surface area contributed by atoms with Crippen LogP contribution >= 0.6 is 0 Å². The molecule has 1 aromatic heterocycles.